The first-order valence-electron chi connectivity index (χ1n) is 12.9. The number of nitrogens with zero attached hydrogens (tertiary/aromatic N) is 2. The van der Waals surface area contributed by atoms with Crippen molar-refractivity contribution in [3.05, 3.63) is 112 Å². The topological polar surface area (TPSA) is 17.3 Å². The zero-order valence-electron chi connectivity index (χ0n) is 20.9. The minimum atomic E-state index is -1.62. The van der Waals surface area contributed by atoms with Gasteiger partial charge in [-0.05, 0) is 62.6 Å². The van der Waals surface area contributed by atoms with Crippen LogP contribution in [0.25, 0.3) is 69.9 Å². The molecule has 6 aromatic carbocycles. The van der Waals surface area contributed by atoms with Crippen molar-refractivity contribution in [1.82, 2.24) is 4.57 Å². The first-order chi connectivity index (χ1) is 19.3. The Morgan fingerprint density at radius 3 is 1.97 bits per heavy atom. The molecule has 2 nitrogen and oxygen atoms in total. The summed E-state index contributed by atoms with van der Waals surface area (Å²) in [6, 6.07) is 38.2. The lowest BCUT2D eigenvalue weighted by atomic mass is 9.94. The Kier molecular flexibility index (Phi) is 4.49. The lowest BCUT2D eigenvalue weighted by Gasteiger charge is -2.13. The highest BCUT2D eigenvalue weighted by Crippen LogP contribution is 2.43. The van der Waals surface area contributed by atoms with Crippen molar-refractivity contribution < 1.29 is 0 Å². The van der Waals surface area contributed by atoms with Gasteiger partial charge in [-0.2, -0.15) is 0 Å². The first-order valence-corrected chi connectivity index (χ1v) is 17.6. The molecule has 0 unspecified atom stereocenters. The van der Waals surface area contributed by atoms with Gasteiger partial charge in [-0.1, -0.05) is 77.3 Å². The fraction of sp³-hybridized carbons (Fsp3) is 0. The summed E-state index contributed by atoms with van der Waals surface area (Å²) in [6.45, 7) is 0. The lowest BCUT2D eigenvalue weighted by molar-refractivity contribution is 1.19. The summed E-state index contributed by atoms with van der Waals surface area (Å²) in [4.78, 5) is 5.80. The summed E-state index contributed by atoms with van der Waals surface area (Å²) >= 11 is 0.230. The van der Waals surface area contributed by atoms with Crippen molar-refractivity contribution >= 4 is 109 Å². The molecule has 0 atom stereocenters. The van der Waals surface area contributed by atoms with Gasteiger partial charge in [-0.3, -0.25) is 4.99 Å². The standard InChI is InChI=1S/C35H21IN2S/c1-36-20-37-19-34-35(36)30-17-29-27-12-6-7-13-31(27)38(32(29)18-33(30)39-34)21-14-15-26-24-10-3-2-8-22(24)23-9-4-5-11-25(23)28(26)16-21/h2-20H,1H2. The molecule has 0 radical (unpaired) electrons. The van der Waals surface area contributed by atoms with E-state index in [2.05, 4.69) is 121 Å². The van der Waals surface area contributed by atoms with Crippen LogP contribution < -0.4 is 0 Å². The molecule has 2 aromatic heterocycles. The molecule has 0 aliphatic carbocycles. The summed E-state index contributed by atoms with van der Waals surface area (Å²) in [5, 5.41) is 11.7. The Labute approximate surface area is 234 Å². The number of halogens is 1. The summed E-state index contributed by atoms with van der Waals surface area (Å²) in [7, 11) is 0. The lowest BCUT2D eigenvalue weighted by Crippen LogP contribution is -1.94. The van der Waals surface area contributed by atoms with E-state index in [4.69, 9.17) is 0 Å². The number of benzene rings is 6. The molecule has 8 aromatic rings. The highest BCUT2D eigenvalue weighted by molar-refractivity contribution is 14.2. The van der Waals surface area contributed by atoms with Crippen molar-refractivity contribution in [1.29, 1.82) is 0 Å². The number of para-hydroxylation sites is 1. The summed E-state index contributed by atoms with van der Waals surface area (Å²) < 4.78 is 11.9. The van der Waals surface area contributed by atoms with Crippen LogP contribution in [0.3, 0.4) is 0 Å². The molecule has 9 rings (SSSR count). The third-order valence-electron chi connectivity index (χ3n) is 8.04. The van der Waals surface area contributed by atoms with Crippen molar-refractivity contribution in [2.45, 2.75) is 0 Å². The normalized spacial score (nSPS) is 13.7. The van der Waals surface area contributed by atoms with Crippen LogP contribution in [-0.4, -0.2) is 19.4 Å². The van der Waals surface area contributed by atoms with E-state index in [1.807, 2.05) is 17.6 Å². The van der Waals surface area contributed by atoms with Gasteiger partial charge < -0.3 is 4.57 Å². The third-order valence-corrected chi connectivity index (χ3v) is 13.0. The molecule has 0 N–H and O–H groups in total. The predicted octanol–water partition coefficient (Wildman–Crippen LogP) is 9.76. The molecule has 0 saturated carbocycles. The van der Waals surface area contributed by atoms with Crippen LogP contribution in [0, 0.1) is 3.57 Å². The highest BCUT2D eigenvalue weighted by Gasteiger charge is 2.19. The van der Waals surface area contributed by atoms with Gasteiger partial charge in [-0.25, -0.2) is 0 Å². The van der Waals surface area contributed by atoms with Gasteiger partial charge in [0, 0.05) is 36.3 Å². The Morgan fingerprint density at radius 1 is 0.590 bits per heavy atom. The van der Waals surface area contributed by atoms with Gasteiger partial charge in [0.05, 0.1) is 20.0 Å². The monoisotopic (exact) mass is 628 g/mol. The molecule has 0 saturated heterocycles. The van der Waals surface area contributed by atoms with E-state index in [0.717, 1.165) is 0 Å². The second-order valence-corrected chi connectivity index (χ2v) is 15.1. The largest absolute Gasteiger partial charge is 0.309 e. The smallest absolute Gasteiger partial charge is 0.0592 e. The molecule has 4 heteroatoms. The highest BCUT2D eigenvalue weighted by atomic mass is 127. The Hall–Kier alpha value is -4.00. The second-order valence-electron chi connectivity index (χ2n) is 10.1. The summed E-state index contributed by atoms with van der Waals surface area (Å²) in [6.07, 6.45) is 2.02. The molecule has 0 spiro atoms. The van der Waals surface area contributed by atoms with E-state index in [1.165, 1.54) is 78.3 Å². The van der Waals surface area contributed by atoms with Gasteiger partial charge in [-0.15, -0.1) is 30.2 Å². The number of thiophene rings is 1. The van der Waals surface area contributed by atoms with Crippen molar-refractivity contribution in [2.24, 2.45) is 4.99 Å². The number of rotatable bonds is 1. The van der Waals surface area contributed by atoms with Gasteiger partial charge in [0.2, 0.25) is 0 Å². The van der Waals surface area contributed by atoms with E-state index in [9.17, 15) is 0 Å². The average molecular weight is 629 g/mol. The van der Waals surface area contributed by atoms with Crippen LogP contribution in [0.1, 0.15) is 4.88 Å². The van der Waals surface area contributed by atoms with Crippen molar-refractivity contribution in [3.8, 4) is 5.69 Å². The van der Waals surface area contributed by atoms with E-state index in [1.54, 1.807) is 0 Å². The fourth-order valence-corrected chi connectivity index (χ4v) is 11.4. The van der Waals surface area contributed by atoms with Crippen LogP contribution >= 0.6 is 30.2 Å². The maximum absolute atomic E-state index is 4.52. The maximum atomic E-state index is 4.52. The van der Waals surface area contributed by atoms with Crippen molar-refractivity contribution in [3.63, 3.8) is 0 Å². The molecular weight excluding hydrogens is 607 g/mol. The number of fused-ring (bicyclic) bond motifs is 12. The molecule has 0 fully saturated rings. The first kappa shape index (κ1) is 21.9. The van der Waals surface area contributed by atoms with Gasteiger partial charge in [0.1, 0.15) is 0 Å². The average Bonchev–Trinajstić information content (AvgIpc) is 3.51. The zero-order valence-corrected chi connectivity index (χ0v) is 23.8. The molecule has 184 valence electrons. The molecule has 0 bridgehead atoms. The van der Waals surface area contributed by atoms with E-state index < -0.39 is 18.9 Å². The van der Waals surface area contributed by atoms with Crippen molar-refractivity contribution in [2.75, 3.05) is 0 Å². The third kappa shape index (κ3) is 2.98. The molecule has 1 aliphatic heterocycles. The number of aromatic nitrogens is 1. The number of aliphatic imine (C=N–C) groups is 1. The van der Waals surface area contributed by atoms with Crippen LogP contribution in [0.5, 0.6) is 0 Å². The Morgan fingerprint density at radius 2 is 1.23 bits per heavy atom. The summed E-state index contributed by atoms with van der Waals surface area (Å²) in [5.74, 6) is 0. The van der Waals surface area contributed by atoms with Crippen LogP contribution in [0.2, 0.25) is 0 Å². The Balaban J connectivity index is 1.42. The van der Waals surface area contributed by atoms with Crippen LogP contribution in [0.15, 0.2) is 108 Å². The van der Waals surface area contributed by atoms with Crippen LogP contribution in [0.4, 0.5) is 0 Å². The Bertz CT molecular complexity index is 2430. The molecule has 1 aliphatic rings. The molecule has 3 heterocycles. The van der Waals surface area contributed by atoms with E-state index in [0.29, 0.717) is 0 Å². The predicted molar refractivity (Wildman–Crippen MR) is 182 cm³/mol. The second kappa shape index (κ2) is 8.01. The minimum absolute atomic E-state index is 1.19. The zero-order chi connectivity index (χ0) is 25.7. The maximum Gasteiger partial charge on any atom is 0.0592 e. The number of hydrogen-bond donors (Lipinski definition) is 0. The van der Waals surface area contributed by atoms with Gasteiger partial charge in [0.15, 0.2) is 0 Å². The van der Waals surface area contributed by atoms with E-state index in [-0.39, 0.29) is 0 Å². The minimum Gasteiger partial charge on any atom is -0.309 e. The van der Waals surface area contributed by atoms with Crippen LogP contribution in [-0.2, 0) is 0 Å². The summed E-state index contributed by atoms with van der Waals surface area (Å²) in [5.41, 5.74) is 3.67. The molecule has 39 heavy (non-hydrogen) atoms. The quantitative estimate of drug-likeness (QED) is 0.127. The van der Waals surface area contributed by atoms with Gasteiger partial charge in [0.25, 0.3) is 0 Å². The van der Waals surface area contributed by atoms with Gasteiger partial charge >= 0.3 is 0 Å². The SMILES string of the molecule is C=I1=CN=Cc2sc3cc4c(cc3c21)c1ccccc1n4-c1ccc2c3ccccc3c3ccccc3c2c1. The number of hydrogen-bond acceptors (Lipinski definition) is 2. The van der Waals surface area contributed by atoms with E-state index >= 15 is 0 Å². The molecular formula is C35H21IN2S. The molecule has 0 amide bonds. The fourth-order valence-electron chi connectivity index (χ4n) is 6.41.